The van der Waals surface area contributed by atoms with Crippen LogP contribution < -0.4 is 9.30 Å². The smallest absolute Gasteiger partial charge is 0.268 e. The summed E-state index contributed by atoms with van der Waals surface area (Å²) in [6, 6.07) is 67.3. The summed E-state index contributed by atoms with van der Waals surface area (Å²) in [5.41, 5.74) is 20.9. The second kappa shape index (κ2) is 17.9. The van der Waals surface area contributed by atoms with Crippen molar-refractivity contribution < 1.29 is 30.4 Å². The summed E-state index contributed by atoms with van der Waals surface area (Å²) in [5, 5.41) is 2.22. The fourth-order valence-corrected chi connectivity index (χ4v) is 12.0. The van der Waals surface area contributed by atoms with Crippen molar-refractivity contribution in [3.05, 3.63) is 211 Å². The maximum atomic E-state index is 6.80. The Balaban J connectivity index is 0.00000582. The molecule has 1 aliphatic heterocycles. The van der Waals surface area contributed by atoms with Crippen LogP contribution in [0.15, 0.2) is 170 Å². The van der Waals surface area contributed by atoms with Gasteiger partial charge in [-0.1, -0.05) is 184 Å². The number of rotatable bonds is 5. The van der Waals surface area contributed by atoms with Crippen LogP contribution in [0.2, 0.25) is 0 Å². The third-order valence-electron chi connectivity index (χ3n) is 16.4. The fourth-order valence-electron chi connectivity index (χ4n) is 12.0. The van der Waals surface area contributed by atoms with Gasteiger partial charge in [0, 0.05) is 44.3 Å². The predicted molar refractivity (Wildman–Crippen MR) is 308 cm³/mol. The first-order valence-corrected chi connectivity index (χ1v) is 26.6. The molecule has 8 aromatic carbocycles. The Morgan fingerprint density at radius 2 is 1.12 bits per heavy atom. The molecule has 0 saturated heterocycles. The van der Waals surface area contributed by atoms with Gasteiger partial charge in [-0.3, -0.25) is 4.57 Å². The van der Waals surface area contributed by atoms with Crippen LogP contribution in [0, 0.1) is 18.5 Å². The van der Waals surface area contributed by atoms with E-state index in [0.29, 0.717) is 11.5 Å². The third-order valence-corrected chi connectivity index (χ3v) is 16.4. The molecule has 0 bridgehead atoms. The number of nitrogens with zero attached hydrogens (tertiary/aromatic N) is 4. The van der Waals surface area contributed by atoms with Crippen LogP contribution in [-0.2, 0) is 42.7 Å². The van der Waals surface area contributed by atoms with E-state index >= 15 is 0 Å². The Morgan fingerprint density at radius 3 is 1.84 bits per heavy atom. The van der Waals surface area contributed by atoms with E-state index in [1.807, 2.05) is 24.4 Å². The Kier molecular flexibility index (Phi) is 11.7. The van der Waals surface area contributed by atoms with E-state index < -0.39 is 0 Å². The van der Waals surface area contributed by atoms with E-state index in [9.17, 15) is 0 Å². The summed E-state index contributed by atoms with van der Waals surface area (Å²) >= 11 is 0. The standard InChI is InChI=1S/C70H62N4O.Pt/c1-67(2,3)45-30-28-44(29-31-45)50-23-16-24-56-58-42-60-59(69(7,8)35-36-70(60,9)10)41-57(58)52-21-12-11-20-51(52)55-25-17-27-62-66(55)73(65(50)56)43-72(62)47-18-15-19-48(39-47)75-49-32-33-54-53-22-13-14-26-61(53)74(63(54)40-49)64-38-46(34-37-71-64)68(4,5)6;/h11-34,37-38,41-42H,35-36H2,1-10H3;/q-2;. The number of hydrogen-bond acceptors (Lipinski definition) is 2. The minimum absolute atomic E-state index is 0. The molecule has 0 amide bonds. The largest absolute Gasteiger partial charge is 0.510 e. The maximum Gasteiger partial charge on any atom is 0.268 e. The van der Waals surface area contributed by atoms with Gasteiger partial charge in [0.25, 0.3) is 6.33 Å². The molecule has 4 heterocycles. The molecule has 11 aromatic rings. The number of ether oxygens (including phenoxy) is 1. The van der Waals surface area contributed by atoms with Crippen molar-refractivity contribution >= 4 is 32.8 Å². The van der Waals surface area contributed by atoms with E-state index in [4.69, 9.17) is 9.72 Å². The van der Waals surface area contributed by atoms with E-state index in [1.165, 1.54) is 50.1 Å². The van der Waals surface area contributed by atoms with Gasteiger partial charge >= 0.3 is 0 Å². The number of hydrogen-bond donors (Lipinski definition) is 0. The van der Waals surface area contributed by atoms with Crippen molar-refractivity contribution in [2.45, 2.75) is 104 Å². The molecule has 0 N–H and O–H groups in total. The molecule has 1 aliphatic carbocycles. The molecule has 0 spiro atoms. The van der Waals surface area contributed by atoms with Gasteiger partial charge in [0.2, 0.25) is 0 Å². The number of aromatic nitrogens is 4. The summed E-state index contributed by atoms with van der Waals surface area (Å²) < 4.78 is 13.5. The minimum atomic E-state index is -0.0390. The van der Waals surface area contributed by atoms with Crippen LogP contribution in [0.5, 0.6) is 11.5 Å². The summed E-state index contributed by atoms with van der Waals surface area (Å²) in [6.07, 6.45) is 8.18. The predicted octanol–water partition coefficient (Wildman–Crippen LogP) is 17.5. The van der Waals surface area contributed by atoms with Crippen LogP contribution in [0.4, 0.5) is 0 Å². The summed E-state index contributed by atoms with van der Waals surface area (Å²) in [6.45, 7) is 23.3. The first-order chi connectivity index (χ1) is 35.9. The molecule has 6 heteroatoms. The van der Waals surface area contributed by atoms with E-state index in [0.717, 1.165) is 79.6 Å². The zero-order valence-electron chi connectivity index (χ0n) is 45.1. The number of para-hydroxylation sites is 3. The van der Waals surface area contributed by atoms with Crippen LogP contribution in [-0.4, -0.2) is 14.1 Å². The molecule has 0 fully saturated rings. The topological polar surface area (TPSA) is 35.9 Å². The molecule has 0 unspecified atom stereocenters. The van der Waals surface area contributed by atoms with Gasteiger partial charge < -0.3 is 13.9 Å². The fraction of sp³-hybridized carbons (Fsp3) is 0.229. The molecule has 0 saturated carbocycles. The monoisotopic (exact) mass is 1170 g/mol. The maximum absolute atomic E-state index is 6.80. The van der Waals surface area contributed by atoms with E-state index in [2.05, 4.69) is 247 Å². The first-order valence-electron chi connectivity index (χ1n) is 26.6. The third kappa shape index (κ3) is 8.08. The summed E-state index contributed by atoms with van der Waals surface area (Å²) in [5.74, 6) is 2.02. The van der Waals surface area contributed by atoms with Crippen molar-refractivity contribution in [2.75, 3.05) is 0 Å². The average Bonchev–Trinajstić information content (AvgIpc) is 3.98. The van der Waals surface area contributed by atoms with Crippen LogP contribution in [0.25, 0.3) is 94.5 Å². The van der Waals surface area contributed by atoms with Crippen LogP contribution >= 0.6 is 0 Å². The van der Waals surface area contributed by atoms with Crippen LogP contribution in [0.1, 0.15) is 104 Å². The van der Waals surface area contributed by atoms with Gasteiger partial charge in [-0.2, -0.15) is 18.2 Å². The SMILES string of the molecule is CC(C)(C)c1ccc(-c2cccc3c2-[n+]2[c-]n(-c4[c-]c(Oc5[c-]c6c(cc5)c5ccccc5n6-c5cc(C(C)(C)C)ccn5)ccc4)c4cccc(c42)-c2ccccc2-c2cc4c(cc2-3)C(C)(C)CCC4(C)C)cc1.[Pt]. The Bertz CT molecular complexity index is 4120. The second-order valence-electron chi connectivity index (χ2n) is 24.3. The van der Waals surface area contributed by atoms with E-state index in [-0.39, 0.29) is 42.7 Å². The number of benzene rings is 8. The molecule has 0 radical (unpaired) electrons. The molecule has 0 atom stereocenters. The summed E-state index contributed by atoms with van der Waals surface area (Å²) in [4.78, 5) is 4.90. The minimum Gasteiger partial charge on any atom is -0.510 e. The van der Waals surface area contributed by atoms with Crippen molar-refractivity contribution in [3.63, 3.8) is 0 Å². The Morgan fingerprint density at radius 1 is 0.526 bits per heavy atom. The van der Waals surface area contributed by atoms with E-state index in [1.54, 1.807) is 0 Å². The molecule has 380 valence electrons. The van der Waals surface area contributed by atoms with Gasteiger partial charge in [0.15, 0.2) is 0 Å². The first kappa shape index (κ1) is 49.5. The molecular formula is C70H62N4OPt-2. The normalized spacial score (nSPS) is 14.4. The van der Waals surface area contributed by atoms with Gasteiger partial charge in [-0.15, -0.1) is 29.7 Å². The van der Waals surface area contributed by atoms with Gasteiger partial charge in [-0.05, 0) is 137 Å². The van der Waals surface area contributed by atoms with Gasteiger partial charge in [0.1, 0.15) is 5.82 Å². The molecular weight excluding hydrogens is 1110 g/mol. The van der Waals surface area contributed by atoms with Crippen molar-refractivity contribution in [3.8, 4) is 73.2 Å². The molecule has 2 aliphatic rings. The van der Waals surface area contributed by atoms with Crippen LogP contribution in [0.3, 0.4) is 0 Å². The van der Waals surface area contributed by atoms with Gasteiger partial charge in [-0.25, -0.2) is 4.98 Å². The Hall–Kier alpha value is -7.33. The summed E-state index contributed by atoms with van der Waals surface area (Å²) in [7, 11) is 0. The van der Waals surface area contributed by atoms with Gasteiger partial charge in [0.05, 0.1) is 16.7 Å². The molecule has 5 nitrogen and oxygen atoms in total. The number of fused-ring (bicyclic) bond motifs is 11. The zero-order valence-corrected chi connectivity index (χ0v) is 47.4. The van der Waals surface area contributed by atoms with Crippen molar-refractivity contribution in [2.24, 2.45) is 0 Å². The molecule has 76 heavy (non-hydrogen) atoms. The van der Waals surface area contributed by atoms with Crippen molar-refractivity contribution in [1.29, 1.82) is 0 Å². The Labute approximate surface area is 462 Å². The van der Waals surface area contributed by atoms with Crippen molar-refractivity contribution in [1.82, 2.24) is 14.1 Å². The molecule has 3 aromatic heterocycles. The molecule has 13 rings (SSSR count). The zero-order chi connectivity index (χ0) is 51.8. The quantitative estimate of drug-likeness (QED) is 0.127. The second-order valence-corrected chi connectivity index (χ2v) is 24.3. The number of pyridine rings is 1. The number of imidazole rings is 1. The average molecular weight is 1170 g/mol.